The number of aliphatic hydroxyl groups excluding tert-OH is 1. The van der Waals surface area contributed by atoms with Crippen LogP contribution in [0.25, 0.3) is 0 Å². The standard InChI is InChI=1S/C23H29N3O4S/c1-31(29,30)25-19-9-5-8-18(14-19)23(11-12-23)22(28)24-21(17-6-3-2-4-7-17)16-26-13-10-20(27)15-26/h2-9,14,20-21,25,27H,10-13,15-16H2,1H3,(H,24,28). The molecule has 1 aliphatic carbocycles. The molecule has 7 nitrogen and oxygen atoms in total. The van der Waals surface area contributed by atoms with Gasteiger partial charge < -0.3 is 10.4 Å². The lowest BCUT2D eigenvalue weighted by Crippen LogP contribution is -2.42. The van der Waals surface area contributed by atoms with Crippen LogP contribution < -0.4 is 10.0 Å². The molecule has 2 unspecified atom stereocenters. The summed E-state index contributed by atoms with van der Waals surface area (Å²) in [7, 11) is -3.39. The largest absolute Gasteiger partial charge is 0.392 e. The van der Waals surface area contributed by atoms with Gasteiger partial charge in [0.2, 0.25) is 15.9 Å². The van der Waals surface area contributed by atoms with Gasteiger partial charge in [-0.1, -0.05) is 42.5 Å². The maximum absolute atomic E-state index is 13.4. The van der Waals surface area contributed by atoms with E-state index >= 15 is 0 Å². The number of nitrogens with zero attached hydrogens (tertiary/aromatic N) is 1. The van der Waals surface area contributed by atoms with Gasteiger partial charge in [-0.25, -0.2) is 8.42 Å². The molecule has 166 valence electrons. The zero-order valence-corrected chi connectivity index (χ0v) is 18.4. The summed E-state index contributed by atoms with van der Waals surface area (Å²) < 4.78 is 25.7. The molecule has 2 aromatic carbocycles. The number of sulfonamides is 1. The highest BCUT2D eigenvalue weighted by Gasteiger charge is 2.51. The monoisotopic (exact) mass is 443 g/mol. The van der Waals surface area contributed by atoms with Crippen LogP contribution in [0.4, 0.5) is 5.69 Å². The van der Waals surface area contributed by atoms with E-state index in [4.69, 9.17) is 0 Å². The van der Waals surface area contributed by atoms with E-state index in [-0.39, 0.29) is 18.1 Å². The van der Waals surface area contributed by atoms with E-state index in [2.05, 4.69) is 14.9 Å². The maximum Gasteiger partial charge on any atom is 0.231 e. The Morgan fingerprint density at radius 1 is 1.19 bits per heavy atom. The van der Waals surface area contributed by atoms with Crippen LogP contribution in [0.2, 0.25) is 0 Å². The number of hydrogen-bond donors (Lipinski definition) is 3. The Hall–Kier alpha value is -2.42. The number of aliphatic hydroxyl groups is 1. The van der Waals surface area contributed by atoms with E-state index in [1.54, 1.807) is 18.2 Å². The van der Waals surface area contributed by atoms with Crippen LogP contribution in [0, 0.1) is 0 Å². The second-order valence-electron chi connectivity index (χ2n) is 8.68. The SMILES string of the molecule is CS(=O)(=O)Nc1cccc(C2(C(=O)NC(CN3CCC(O)C3)c3ccccc3)CC2)c1. The Morgan fingerprint density at radius 3 is 2.55 bits per heavy atom. The predicted octanol–water partition coefficient (Wildman–Crippen LogP) is 2.01. The first kappa shape index (κ1) is 21.8. The number of likely N-dealkylation sites (tertiary alicyclic amines) is 1. The van der Waals surface area contributed by atoms with Gasteiger partial charge in [0.1, 0.15) is 0 Å². The van der Waals surface area contributed by atoms with Crippen LogP contribution in [0.5, 0.6) is 0 Å². The highest BCUT2D eigenvalue weighted by molar-refractivity contribution is 7.92. The number of nitrogens with one attached hydrogen (secondary N) is 2. The second kappa shape index (κ2) is 8.61. The molecule has 3 N–H and O–H groups in total. The molecule has 0 bridgehead atoms. The first-order valence-corrected chi connectivity index (χ1v) is 12.5. The maximum atomic E-state index is 13.4. The normalized spacial score (nSPS) is 21.4. The molecule has 2 aromatic rings. The van der Waals surface area contributed by atoms with Crippen LogP contribution in [0.1, 0.15) is 36.4 Å². The van der Waals surface area contributed by atoms with E-state index in [1.165, 1.54) is 0 Å². The van der Waals surface area contributed by atoms with Crippen molar-refractivity contribution in [2.24, 2.45) is 0 Å². The summed E-state index contributed by atoms with van der Waals surface area (Å²) in [5.74, 6) is -0.0439. The van der Waals surface area contributed by atoms with Crippen molar-refractivity contribution in [1.82, 2.24) is 10.2 Å². The third-order valence-corrected chi connectivity index (χ3v) is 6.71. The molecule has 8 heteroatoms. The molecule has 1 saturated carbocycles. The number of rotatable bonds is 8. The molecule has 0 radical (unpaired) electrons. The van der Waals surface area contributed by atoms with Crippen molar-refractivity contribution in [1.29, 1.82) is 0 Å². The number of amides is 1. The number of β-amino-alcohol motifs (C(OH)–C–C–N with tert-alkyl or cyclic N) is 1. The number of anilines is 1. The summed E-state index contributed by atoms with van der Waals surface area (Å²) in [6, 6.07) is 16.8. The minimum absolute atomic E-state index is 0.0439. The lowest BCUT2D eigenvalue weighted by atomic mass is 9.93. The average molecular weight is 444 g/mol. The fraction of sp³-hybridized carbons (Fsp3) is 0.435. The molecule has 1 aliphatic heterocycles. The second-order valence-corrected chi connectivity index (χ2v) is 10.4. The van der Waals surface area contributed by atoms with E-state index in [1.807, 2.05) is 36.4 Å². The Balaban J connectivity index is 1.53. The highest BCUT2D eigenvalue weighted by atomic mass is 32.2. The summed E-state index contributed by atoms with van der Waals surface area (Å²) in [5.41, 5.74) is 1.68. The zero-order valence-electron chi connectivity index (χ0n) is 17.6. The first-order valence-electron chi connectivity index (χ1n) is 10.6. The molecule has 1 saturated heterocycles. The lowest BCUT2D eigenvalue weighted by Gasteiger charge is -2.27. The van der Waals surface area contributed by atoms with E-state index in [0.717, 1.165) is 43.2 Å². The fourth-order valence-corrected chi connectivity index (χ4v) is 4.87. The van der Waals surface area contributed by atoms with Crippen molar-refractivity contribution >= 4 is 21.6 Å². The van der Waals surface area contributed by atoms with Crippen LogP contribution in [0.3, 0.4) is 0 Å². The molecule has 2 aliphatic rings. The summed E-state index contributed by atoms with van der Waals surface area (Å²) in [6.45, 7) is 2.06. The molecule has 2 atom stereocenters. The summed E-state index contributed by atoms with van der Waals surface area (Å²) in [6.07, 6.45) is 3.00. The molecule has 2 fully saturated rings. The van der Waals surface area contributed by atoms with Crippen molar-refractivity contribution in [3.63, 3.8) is 0 Å². The zero-order chi connectivity index (χ0) is 22.1. The molecular formula is C23H29N3O4S. The van der Waals surface area contributed by atoms with Crippen molar-refractivity contribution in [2.45, 2.75) is 36.8 Å². The fourth-order valence-electron chi connectivity index (χ4n) is 4.32. The quantitative estimate of drug-likeness (QED) is 0.580. The highest BCUT2D eigenvalue weighted by Crippen LogP contribution is 2.49. The molecule has 0 spiro atoms. The number of hydrogen-bond acceptors (Lipinski definition) is 5. The smallest absolute Gasteiger partial charge is 0.231 e. The van der Waals surface area contributed by atoms with Gasteiger partial charge >= 0.3 is 0 Å². The van der Waals surface area contributed by atoms with Crippen molar-refractivity contribution in [2.75, 3.05) is 30.6 Å². The number of carbonyl (C=O) groups is 1. The summed E-state index contributed by atoms with van der Waals surface area (Å²) >= 11 is 0. The molecule has 1 heterocycles. The van der Waals surface area contributed by atoms with Gasteiger partial charge in [0.15, 0.2) is 0 Å². The molecule has 4 rings (SSSR count). The Kier molecular flexibility index (Phi) is 6.05. The summed E-state index contributed by atoms with van der Waals surface area (Å²) in [4.78, 5) is 15.6. The molecule has 31 heavy (non-hydrogen) atoms. The van der Waals surface area contributed by atoms with Gasteiger partial charge in [0, 0.05) is 25.3 Å². The Bertz CT molecular complexity index is 1040. The van der Waals surface area contributed by atoms with Gasteiger partial charge in [-0.15, -0.1) is 0 Å². The van der Waals surface area contributed by atoms with Crippen molar-refractivity contribution in [3.8, 4) is 0 Å². The van der Waals surface area contributed by atoms with Gasteiger partial charge in [0.25, 0.3) is 0 Å². The minimum atomic E-state index is -3.39. The summed E-state index contributed by atoms with van der Waals surface area (Å²) in [5, 5.41) is 13.1. The average Bonchev–Trinajstić information content (AvgIpc) is 3.44. The van der Waals surface area contributed by atoms with Crippen LogP contribution >= 0.6 is 0 Å². The van der Waals surface area contributed by atoms with E-state index in [0.29, 0.717) is 18.8 Å². The predicted molar refractivity (Wildman–Crippen MR) is 120 cm³/mol. The van der Waals surface area contributed by atoms with Crippen LogP contribution in [0.15, 0.2) is 54.6 Å². The number of benzene rings is 2. The Labute approximate surface area is 183 Å². The third-order valence-electron chi connectivity index (χ3n) is 6.10. The molecular weight excluding hydrogens is 414 g/mol. The minimum Gasteiger partial charge on any atom is -0.392 e. The van der Waals surface area contributed by atoms with Crippen LogP contribution in [-0.2, 0) is 20.2 Å². The molecule has 1 amide bonds. The van der Waals surface area contributed by atoms with Crippen molar-refractivity contribution in [3.05, 3.63) is 65.7 Å². The first-order chi connectivity index (χ1) is 14.7. The Morgan fingerprint density at radius 2 is 1.94 bits per heavy atom. The van der Waals surface area contributed by atoms with Gasteiger partial charge in [-0.2, -0.15) is 0 Å². The van der Waals surface area contributed by atoms with E-state index in [9.17, 15) is 18.3 Å². The van der Waals surface area contributed by atoms with Gasteiger partial charge in [0.05, 0.1) is 23.8 Å². The topological polar surface area (TPSA) is 98.7 Å². The van der Waals surface area contributed by atoms with Gasteiger partial charge in [-0.3, -0.25) is 14.4 Å². The third kappa shape index (κ3) is 5.26. The van der Waals surface area contributed by atoms with Gasteiger partial charge in [-0.05, 0) is 42.5 Å². The lowest BCUT2D eigenvalue weighted by molar-refractivity contribution is -0.124. The van der Waals surface area contributed by atoms with Crippen molar-refractivity contribution < 1.29 is 18.3 Å². The van der Waals surface area contributed by atoms with Crippen LogP contribution in [-0.4, -0.2) is 56.3 Å². The number of carbonyl (C=O) groups excluding carboxylic acids is 1. The molecule has 0 aromatic heterocycles. The van der Waals surface area contributed by atoms with E-state index < -0.39 is 15.4 Å².